The van der Waals surface area contributed by atoms with Crippen LogP contribution in [0.25, 0.3) is 0 Å². The van der Waals surface area contributed by atoms with Gasteiger partial charge >= 0.3 is 5.97 Å². The Balaban J connectivity index is 2.88. The fourth-order valence-corrected chi connectivity index (χ4v) is 1.50. The quantitative estimate of drug-likeness (QED) is 0.722. The Bertz CT molecular complexity index is 409. The lowest BCUT2D eigenvalue weighted by molar-refractivity contribution is -0.141. The van der Waals surface area contributed by atoms with E-state index in [0.29, 0.717) is 5.56 Å². The number of aliphatic carboxylic acids is 1. The summed E-state index contributed by atoms with van der Waals surface area (Å²) in [5, 5.41) is 28.0. The van der Waals surface area contributed by atoms with Gasteiger partial charge in [0.15, 0.2) is 11.5 Å². The highest BCUT2D eigenvalue weighted by Crippen LogP contribution is 2.37. The number of benzene rings is 1. The second kappa shape index (κ2) is 6.09. The van der Waals surface area contributed by atoms with E-state index in [1.54, 1.807) is 0 Å². The number of aromatic hydroxyl groups is 2. The van der Waals surface area contributed by atoms with Crippen LogP contribution >= 0.6 is 0 Å². The molecular formula is C12H15FO5. The summed E-state index contributed by atoms with van der Waals surface area (Å²) >= 11 is 0. The van der Waals surface area contributed by atoms with Crippen LogP contribution in [0.15, 0.2) is 12.1 Å². The average Bonchev–Trinajstić information content (AvgIpc) is 2.27. The first kappa shape index (κ1) is 14.1. The SMILES string of the molecule is CC(Cc1cc(O)c(OCC[18F])c(O)c1)C(=O)O. The van der Waals surface area contributed by atoms with E-state index in [0.717, 1.165) is 0 Å². The van der Waals surface area contributed by atoms with Crippen LogP contribution in [-0.2, 0) is 11.2 Å². The maximum absolute atomic E-state index is 11.9. The van der Waals surface area contributed by atoms with Gasteiger partial charge in [-0.2, -0.15) is 0 Å². The number of rotatable bonds is 6. The van der Waals surface area contributed by atoms with Crippen LogP contribution < -0.4 is 4.74 Å². The fraction of sp³-hybridized carbons (Fsp3) is 0.417. The number of alkyl halides is 1. The second-order valence-corrected chi connectivity index (χ2v) is 3.94. The summed E-state index contributed by atoms with van der Waals surface area (Å²) in [5.74, 6) is -2.47. The molecule has 1 aromatic carbocycles. The first-order valence-electron chi connectivity index (χ1n) is 5.42. The lowest BCUT2D eigenvalue weighted by atomic mass is 10.0. The van der Waals surface area contributed by atoms with Crippen LogP contribution in [0.4, 0.5) is 4.39 Å². The molecule has 1 rings (SSSR count). The highest BCUT2D eigenvalue weighted by Gasteiger charge is 2.16. The molecule has 0 aromatic heterocycles. The molecule has 5 nitrogen and oxygen atoms in total. The molecule has 1 atom stereocenters. The Kier molecular flexibility index (Phi) is 4.76. The average molecular weight is 257 g/mol. The summed E-state index contributed by atoms with van der Waals surface area (Å²) in [4.78, 5) is 10.7. The minimum atomic E-state index is -0.966. The van der Waals surface area contributed by atoms with E-state index in [1.807, 2.05) is 0 Å². The molecular weight excluding hydrogens is 242 g/mol. The second-order valence-electron chi connectivity index (χ2n) is 3.94. The van der Waals surface area contributed by atoms with Gasteiger partial charge in [-0.25, -0.2) is 4.39 Å². The number of carboxylic acids is 1. The van der Waals surface area contributed by atoms with Crippen LogP contribution in [0.5, 0.6) is 17.2 Å². The van der Waals surface area contributed by atoms with Gasteiger partial charge in [0.1, 0.15) is 13.3 Å². The minimum absolute atomic E-state index is 0.167. The molecule has 1 aromatic rings. The first-order valence-corrected chi connectivity index (χ1v) is 5.42. The topological polar surface area (TPSA) is 87.0 Å². The predicted octanol–water partition coefficient (Wildman–Crippen LogP) is 1.71. The predicted molar refractivity (Wildman–Crippen MR) is 61.7 cm³/mol. The standard InChI is InChI=1S/C12H15FO5/c1-7(12(16)17)4-8-5-9(14)11(10(15)6-8)18-3-2-13/h5-7,14-15H,2-4H2,1H3,(H,16,17)/i13-1. The molecule has 0 saturated carbocycles. The number of carbonyl (C=O) groups is 1. The number of phenolic OH excluding ortho intramolecular Hbond substituents is 2. The Hall–Kier alpha value is -1.98. The summed E-state index contributed by atoms with van der Waals surface area (Å²) in [6.45, 7) is 0.507. The molecule has 0 heterocycles. The van der Waals surface area contributed by atoms with Gasteiger partial charge in [0.05, 0.1) is 5.92 Å². The summed E-state index contributed by atoms with van der Waals surface area (Å²) in [6, 6.07) is 2.60. The van der Waals surface area contributed by atoms with E-state index in [-0.39, 0.29) is 30.3 Å². The highest BCUT2D eigenvalue weighted by molar-refractivity contribution is 5.70. The van der Waals surface area contributed by atoms with Crippen molar-refractivity contribution in [2.24, 2.45) is 5.92 Å². The van der Waals surface area contributed by atoms with Crippen molar-refractivity contribution in [1.82, 2.24) is 0 Å². The summed E-state index contributed by atoms with van der Waals surface area (Å²) < 4.78 is 16.8. The summed E-state index contributed by atoms with van der Waals surface area (Å²) in [6.07, 6.45) is 0.167. The van der Waals surface area contributed by atoms with E-state index in [9.17, 15) is 19.4 Å². The molecule has 0 bridgehead atoms. The highest BCUT2D eigenvalue weighted by atomic mass is 18.2. The number of phenols is 2. The fourth-order valence-electron chi connectivity index (χ4n) is 1.50. The molecule has 6 heteroatoms. The normalized spacial score (nSPS) is 12.1. The van der Waals surface area contributed by atoms with Crippen LogP contribution in [0.1, 0.15) is 12.5 Å². The van der Waals surface area contributed by atoms with Gasteiger partial charge in [0.2, 0.25) is 5.75 Å². The number of hydrogen-bond acceptors (Lipinski definition) is 4. The minimum Gasteiger partial charge on any atom is -0.504 e. The number of hydrogen-bond donors (Lipinski definition) is 3. The third-order valence-corrected chi connectivity index (χ3v) is 2.40. The third-order valence-electron chi connectivity index (χ3n) is 2.40. The molecule has 0 radical (unpaired) electrons. The molecule has 0 amide bonds. The van der Waals surface area contributed by atoms with E-state index in [2.05, 4.69) is 0 Å². The molecule has 0 aliphatic carbocycles. The molecule has 0 saturated heterocycles. The molecule has 18 heavy (non-hydrogen) atoms. The first-order chi connectivity index (χ1) is 8.45. The van der Waals surface area contributed by atoms with Crippen molar-refractivity contribution in [2.75, 3.05) is 13.3 Å². The largest absolute Gasteiger partial charge is 0.504 e. The Labute approximate surface area is 103 Å². The Morgan fingerprint density at radius 1 is 1.39 bits per heavy atom. The molecule has 0 aliphatic heterocycles. The maximum Gasteiger partial charge on any atom is 0.306 e. The van der Waals surface area contributed by atoms with Gasteiger partial charge in [-0.15, -0.1) is 0 Å². The van der Waals surface area contributed by atoms with E-state index in [1.165, 1.54) is 19.1 Å². The van der Waals surface area contributed by atoms with Crippen molar-refractivity contribution in [1.29, 1.82) is 0 Å². The molecule has 0 fully saturated rings. The lowest BCUT2D eigenvalue weighted by Gasteiger charge is -2.12. The van der Waals surface area contributed by atoms with Crippen LogP contribution in [0, 0.1) is 5.92 Å². The van der Waals surface area contributed by atoms with Crippen molar-refractivity contribution >= 4 is 5.97 Å². The van der Waals surface area contributed by atoms with Crippen LogP contribution in [0.2, 0.25) is 0 Å². The van der Waals surface area contributed by atoms with Gasteiger partial charge < -0.3 is 20.1 Å². The van der Waals surface area contributed by atoms with Crippen molar-refractivity contribution < 1.29 is 29.2 Å². The number of carboxylic acid groups (broad SMARTS) is 1. The molecule has 0 aliphatic rings. The monoisotopic (exact) mass is 257 g/mol. The van der Waals surface area contributed by atoms with Crippen molar-refractivity contribution in [3.8, 4) is 17.2 Å². The molecule has 0 spiro atoms. The molecule has 100 valence electrons. The van der Waals surface area contributed by atoms with Crippen molar-refractivity contribution in [2.45, 2.75) is 13.3 Å². The van der Waals surface area contributed by atoms with Gasteiger partial charge in [0, 0.05) is 0 Å². The third kappa shape index (κ3) is 3.51. The molecule has 3 N–H and O–H groups in total. The van der Waals surface area contributed by atoms with Crippen LogP contribution in [-0.4, -0.2) is 34.6 Å². The number of halogens is 1. The smallest absolute Gasteiger partial charge is 0.306 e. The van der Waals surface area contributed by atoms with Gasteiger partial charge in [-0.05, 0) is 24.1 Å². The van der Waals surface area contributed by atoms with Crippen LogP contribution in [0.3, 0.4) is 0 Å². The van der Waals surface area contributed by atoms with Crippen molar-refractivity contribution in [3.63, 3.8) is 0 Å². The van der Waals surface area contributed by atoms with E-state index >= 15 is 0 Å². The van der Waals surface area contributed by atoms with Gasteiger partial charge in [0.25, 0.3) is 0 Å². The zero-order valence-electron chi connectivity index (χ0n) is 9.89. The van der Waals surface area contributed by atoms with Gasteiger partial charge in [-0.1, -0.05) is 6.92 Å². The van der Waals surface area contributed by atoms with Crippen molar-refractivity contribution in [3.05, 3.63) is 17.7 Å². The summed E-state index contributed by atoms with van der Waals surface area (Å²) in [5.41, 5.74) is 0.465. The lowest BCUT2D eigenvalue weighted by Crippen LogP contribution is -2.12. The summed E-state index contributed by atoms with van der Waals surface area (Å²) in [7, 11) is 0. The molecule has 1 unspecified atom stereocenters. The van der Waals surface area contributed by atoms with Gasteiger partial charge in [-0.3, -0.25) is 4.79 Å². The van der Waals surface area contributed by atoms with E-state index < -0.39 is 18.6 Å². The Morgan fingerprint density at radius 2 is 1.94 bits per heavy atom. The zero-order valence-corrected chi connectivity index (χ0v) is 9.89. The number of ether oxygens (including phenoxy) is 1. The maximum atomic E-state index is 11.9. The zero-order chi connectivity index (χ0) is 13.7. The Morgan fingerprint density at radius 3 is 2.39 bits per heavy atom. The van der Waals surface area contributed by atoms with E-state index in [4.69, 9.17) is 9.84 Å².